The van der Waals surface area contributed by atoms with E-state index in [-0.39, 0.29) is 5.69 Å². The van der Waals surface area contributed by atoms with Crippen LogP contribution in [0.25, 0.3) is 0 Å². The third-order valence-electron chi connectivity index (χ3n) is 3.91. The summed E-state index contributed by atoms with van der Waals surface area (Å²) in [6.07, 6.45) is 0. The minimum Gasteiger partial charge on any atom is -0.487 e. The van der Waals surface area contributed by atoms with Gasteiger partial charge in [-0.3, -0.25) is 10.1 Å². The maximum atomic E-state index is 10.7. The Kier molecular flexibility index (Phi) is 6.16. The summed E-state index contributed by atoms with van der Waals surface area (Å²) in [7, 11) is 0. The SMILES string of the molecule is O=[N+]([O-])c1ccc(NCc2ccc(OCc3ccccc3Cl)c(Cl)c2)cc1. The van der Waals surface area contributed by atoms with Crippen molar-refractivity contribution in [3.8, 4) is 5.75 Å². The number of rotatable bonds is 7. The van der Waals surface area contributed by atoms with Crippen LogP contribution in [0.2, 0.25) is 10.0 Å². The number of halogens is 2. The molecule has 3 rings (SSSR count). The number of nitrogens with one attached hydrogen (secondary N) is 1. The molecular weight excluding hydrogens is 387 g/mol. The molecular formula is C20H16Cl2N2O3. The van der Waals surface area contributed by atoms with Crippen molar-refractivity contribution in [3.05, 3.63) is 98.0 Å². The summed E-state index contributed by atoms with van der Waals surface area (Å²) < 4.78 is 5.76. The third-order valence-corrected chi connectivity index (χ3v) is 4.58. The van der Waals surface area contributed by atoms with E-state index in [1.54, 1.807) is 12.1 Å². The number of hydrogen-bond donors (Lipinski definition) is 1. The lowest BCUT2D eigenvalue weighted by molar-refractivity contribution is -0.384. The van der Waals surface area contributed by atoms with E-state index >= 15 is 0 Å². The quantitative estimate of drug-likeness (QED) is 0.383. The number of hydrogen-bond acceptors (Lipinski definition) is 4. The van der Waals surface area contributed by atoms with Crippen LogP contribution in [-0.2, 0) is 13.2 Å². The van der Waals surface area contributed by atoms with Crippen molar-refractivity contribution in [2.24, 2.45) is 0 Å². The summed E-state index contributed by atoms with van der Waals surface area (Å²) in [4.78, 5) is 10.2. The molecule has 0 bridgehead atoms. The number of nitro groups is 1. The molecule has 0 aliphatic carbocycles. The molecule has 0 heterocycles. The third kappa shape index (κ3) is 5.12. The highest BCUT2D eigenvalue weighted by Crippen LogP contribution is 2.28. The van der Waals surface area contributed by atoms with Crippen molar-refractivity contribution < 1.29 is 9.66 Å². The summed E-state index contributed by atoms with van der Waals surface area (Å²) in [6, 6.07) is 19.3. The average molecular weight is 403 g/mol. The van der Waals surface area contributed by atoms with Gasteiger partial charge >= 0.3 is 0 Å². The molecule has 3 aromatic rings. The van der Waals surface area contributed by atoms with E-state index in [0.717, 1.165) is 16.8 Å². The van der Waals surface area contributed by atoms with Crippen LogP contribution in [-0.4, -0.2) is 4.92 Å². The average Bonchev–Trinajstić information content (AvgIpc) is 2.67. The Morgan fingerprint density at radius 1 is 0.963 bits per heavy atom. The monoisotopic (exact) mass is 402 g/mol. The van der Waals surface area contributed by atoms with Crippen molar-refractivity contribution in [1.82, 2.24) is 0 Å². The van der Waals surface area contributed by atoms with E-state index in [0.29, 0.717) is 28.9 Å². The molecule has 0 spiro atoms. The van der Waals surface area contributed by atoms with Gasteiger partial charge in [-0.05, 0) is 35.9 Å². The number of non-ortho nitro benzene ring substituents is 1. The Morgan fingerprint density at radius 3 is 2.37 bits per heavy atom. The van der Waals surface area contributed by atoms with Crippen LogP contribution in [0.1, 0.15) is 11.1 Å². The van der Waals surface area contributed by atoms with Crippen molar-refractivity contribution >= 4 is 34.6 Å². The van der Waals surface area contributed by atoms with E-state index in [9.17, 15) is 10.1 Å². The maximum Gasteiger partial charge on any atom is 0.269 e. The predicted octanol–water partition coefficient (Wildman–Crippen LogP) is 6.09. The van der Waals surface area contributed by atoms with Gasteiger partial charge in [-0.1, -0.05) is 47.5 Å². The molecule has 0 saturated carbocycles. The zero-order valence-electron chi connectivity index (χ0n) is 14.2. The van der Waals surface area contributed by atoms with Crippen LogP contribution >= 0.6 is 23.2 Å². The van der Waals surface area contributed by atoms with Crippen molar-refractivity contribution in [3.63, 3.8) is 0 Å². The molecule has 0 radical (unpaired) electrons. The van der Waals surface area contributed by atoms with Gasteiger partial charge in [0.05, 0.1) is 9.95 Å². The standard InChI is InChI=1S/C20H16Cl2N2O3/c21-18-4-2-1-3-15(18)13-27-20-10-5-14(11-19(20)22)12-23-16-6-8-17(9-7-16)24(25)26/h1-11,23H,12-13H2. The van der Waals surface area contributed by atoms with Gasteiger partial charge in [0.2, 0.25) is 0 Å². The van der Waals surface area contributed by atoms with Crippen LogP contribution in [0.4, 0.5) is 11.4 Å². The lowest BCUT2D eigenvalue weighted by Crippen LogP contribution is -2.01. The Hall–Kier alpha value is -2.76. The highest BCUT2D eigenvalue weighted by molar-refractivity contribution is 6.32. The molecule has 0 aliphatic rings. The van der Waals surface area contributed by atoms with Gasteiger partial charge in [0.1, 0.15) is 12.4 Å². The molecule has 0 fully saturated rings. The van der Waals surface area contributed by atoms with Crippen LogP contribution in [0.3, 0.4) is 0 Å². The van der Waals surface area contributed by atoms with E-state index in [1.165, 1.54) is 12.1 Å². The first kappa shape index (κ1) is 19.0. The fourth-order valence-electron chi connectivity index (χ4n) is 2.45. The molecule has 0 atom stereocenters. The Bertz CT molecular complexity index is 946. The first-order chi connectivity index (χ1) is 13.0. The molecule has 0 unspecified atom stereocenters. The van der Waals surface area contributed by atoms with Crippen LogP contribution in [0, 0.1) is 10.1 Å². The molecule has 27 heavy (non-hydrogen) atoms. The smallest absolute Gasteiger partial charge is 0.269 e. The van der Waals surface area contributed by atoms with E-state index < -0.39 is 4.92 Å². The van der Waals surface area contributed by atoms with Crippen molar-refractivity contribution in [2.45, 2.75) is 13.2 Å². The zero-order chi connectivity index (χ0) is 19.2. The molecule has 0 amide bonds. The summed E-state index contributed by atoms with van der Waals surface area (Å²) in [5.74, 6) is 0.579. The fourth-order valence-corrected chi connectivity index (χ4v) is 2.90. The van der Waals surface area contributed by atoms with Crippen molar-refractivity contribution in [2.75, 3.05) is 5.32 Å². The largest absolute Gasteiger partial charge is 0.487 e. The maximum absolute atomic E-state index is 10.7. The fraction of sp³-hybridized carbons (Fsp3) is 0.100. The van der Waals surface area contributed by atoms with E-state index in [1.807, 2.05) is 42.5 Å². The molecule has 0 aliphatic heterocycles. The number of nitrogens with zero attached hydrogens (tertiary/aromatic N) is 1. The van der Waals surface area contributed by atoms with Gasteiger partial charge in [-0.15, -0.1) is 0 Å². The molecule has 138 valence electrons. The second-order valence-corrected chi connectivity index (χ2v) is 6.62. The van der Waals surface area contributed by atoms with E-state index in [2.05, 4.69) is 5.32 Å². The second-order valence-electron chi connectivity index (χ2n) is 5.80. The van der Waals surface area contributed by atoms with Gasteiger partial charge in [0.15, 0.2) is 0 Å². The lowest BCUT2D eigenvalue weighted by Gasteiger charge is -2.11. The summed E-state index contributed by atoms with van der Waals surface area (Å²) in [5.41, 5.74) is 2.70. The van der Waals surface area contributed by atoms with Gasteiger partial charge in [-0.25, -0.2) is 0 Å². The predicted molar refractivity (Wildman–Crippen MR) is 108 cm³/mol. The highest BCUT2D eigenvalue weighted by Gasteiger charge is 2.07. The molecule has 0 saturated heterocycles. The number of ether oxygens (including phenoxy) is 1. The van der Waals surface area contributed by atoms with Crippen LogP contribution in [0.15, 0.2) is 66.7 Å². The van der Waals surface area contributed by atoms with Gasteiger partial charge < -0.3 is 10.1 Å². The minimum atomic E-state index is -0.426. The zero-order valence-corrected chi connectivity index (χ0v) is 15.7. The number of anilines is 1. The number of nitro benzene ring substituents is 1. The number of benzene rings is 3. The van der Waals surface area contributed by atoms with E-state index in [4.69, 9.17) is 27.9 Å². The van der Waals surface area contributed by atoms with Crippen molar-refractivity contribution in [1.29, 1.82) is 0 Å². The second kappa shape index (κ2) is 8.75. The first-order valence-corrected chi connectivity index (χ1v) is 8.91. The lowest BCUT2D eigenvalue weighted by atomic mass is 10.2. The topological polar surface area (TPSA) is 64.4 Å². The summed E-state index contributed by atoms with van der Waals surface area (Å²) in [5, 5.41) is 15.0. The molecule has 3 aromatic carbocycles. The minimum absolute atomic E-state index is 0.0589. The molecule has 5 nitrogen and oxygen atoms in total. The highest BCUT2D eigenvalue weighted by atomic mass is 35.5. The van der Waals surface area contributed by atoms with Crippen LogP contribution < -0.4 is 10.1 Å². The molecule has 0 aromatic heterocycles. The Balaban J connectivity index is 1.59. The molecule has 1 N–H and O–H groups in total. The van der Waals surface area contributed by atoms with Crippen LogP contribution in [0.5, 0.6) is 5.75 Å². The van der Waals surface area contributed by atoms with Gasteiger partial charge in [0, 0.05) is 35.0 Å². The molecule has 7 heteroatoms. The Morgan fingerprint density at radius 2 is 1.70 bits per heavy atom. The van der Waals surface area contributed by atoms with Gasteiger partial charge in [0.25, 0.3) is 5.69 Å². The summed E-state index contributed by atoms with van der Waals surface area (Å²) in [6.45, 7) is 0.863. The summed E-state index contributed by atoms with van der Waals surface area (Å²) >= 11 is 12.4. The first-order valence-electron chi connectivity index (χ1n) is 8.16. The normalized spacial score (nSPS) is 10.4. The van der Waals surface area contributed by atoms with Gasteiger partial charge in [-0.2, -0.15) is 0 Å². The Labute approximate surface area is 166 Å².